The van der Waals surface area contributed by atoms with Crippen molar-refractivity contribution in [3.8, 4) is 17.2 Å². The van der Waals surface area contributed by atoms with Gasteiger partial charge >= 0.3 is 0 Å². The van der Waals surface area contributed by atoms with Crippen molar-refractivity contribution in [1.29, 1.82) is 0 Å². The van der Waals surface area contributed by atoms with Gasteiger partial charge in [-0.15, -0.1) is 0 Å². The number of methoxy groups -OCH3 is 1. The number of amides is 3. The molecule has 0 radical (unpaired) electrons. The summed E-state index contributed by atoms with van der Waals surface area (Å²) in [5.74, 6) is 1.06. The molecule has 2 aliphatic rings. The lowest BCUT2D eigenvalue weighted by Gasteiger charge is -2.19. The quantitative estimate of drug-likeness (QED) is 0.0577. The van der Waals surface area contributed by atoms with Gasteiger partial charge in [-0.25, -0.2) is 0 Å². The number of carbonyl (C=O) groups excluding carboxylic acids is 3. The van der Waals surface area contributed by atoms with Gasteiger partial charge in [0.1, 0.15) is 11.9 Å². The van der Waals surface area contributed by atoms with Crippen LogP contribution in [-0.2, 0) is 32.0 Å². The lowest BCUT2D eigenvalue weighted by atomic mass is 9.97. The van der Waals surface area contributed by atoms with Gasteiger partial charge in [0.2, 0.25) is 12.3 Å². The molecule has 6 rings (SSSR count). The van der Waals surface area contributed by atoms with Crippen molar-refractivity contribution in [1.82, 2.24) is 5.32 Å². The Balaban J connectivity index is 1.05. The summed E-state index contributed by atoms with van der Waals surface area (Å²) in [6.45, 7) is 6.88. The molecule has 2 aliphatic heterocycles. The van der Waals surface area contributed by atoms with Gasteiger partial charge in [0.25, 0.3) is 5.91 Å². The number of unbranched alkanes of at least 4 members (excludes halogenated alkanes) is 1. The van der Waals surface area contributed by atoms with Crippen LogP contribution in [0.1, 0.15) is 48.4 Å². The number of anilines is 3. The standard InChI is InChI=1S/C41H47N5O7/c1-25-9-8-10-32-36(48)21-35-31(40(25)32)14-15-45(35)39(49)11-6-7-16-52-38-20-33(26(2)17-37(38)51-5)43-22-30-18-28-12-13-29(19-34(28)46(30)24-47)44-41(50)27(3)53-23-42-4/h8-10,12-13,17,19-22,24,27,30,42,48H,6-7,11,14-16,18,23H2,1-5H3,(H,44,50). The van der Waals surface area contributed by atoms with Crippen molar-refractivity contribution < 1.29 is 33.7 Å². The molecular weight excluding hydrogens is 674 g/mol. The summed E-state index contributed by atoms with van der Waals surface area (Å²) in [5.41, 5.74) is 6.82. The van der Waals surface area contributed by atoms with E-state index < -0.39 is 6.10 Å². The molecule has 4 aromatic carbocycles. The number of aromatic hydroxyl groups is 1. The lowest BCUT2D eigenvalue weighted by Crippen LogP contribution is -2.32. The maximum absolute atomic E-state index is 13.3. The Morgan fingerprint density at radius 2 is 1.89 bits per heavy atom. The third-order valence-corrected chi connectivity index (χ3v) is 9.90. The van der Waals surface area contributed by atoms with E-state index in [1.54, 1.807) is 49.2 Å². The molecule has 0 bridgehead atoms. The van der Waals surface area contributed by atoms with Gasteiger partial charge in [-0.3, -0.25) is 24.7 Å². The number of nitrogens with one attached hydrogen (secondary N) is 2. The Labute approximate surface area is 309 Å². The number of phenolic OH excluding ortho intramolecular Hbond substituents is 1. The highest BCUT2D eigenvalue weighted by Crippen LogP contribution is 2.41. The monoisotopic (exact) mass is 721 g/mol. The zero-order chi connectivity index (χ0) is 37.6. The van der Waals surface area contributed by atoms with E-state index in [-0.39, 0.29) is 30.3 Å². The van der Waals surface area contributed by atoms with Crippen LogP contribution in [0.4, 0.5) is 22.7 Å². The van der Waals surface area contributed by atoms with E-state index >= 15 is 0 Å². The number of ether oxygens (including phenoxy) is 3. The highest BCUT2D eigenvalue weighted by Gasteiger charge is 2.30. The van der Waals surface area contributed by atoms with Crippen LogP contribution in [0.25, 0.3) is 10.8 Å². The highest BCUT2D eigenvalue weighted by atomic mass is 16.5. The van der Waals surface area contributed by atoms with Crippen molar-refractivity contribution >= 4 is 58.0 Å². The second-order valence-corrected chi connectivity index (χ2v) is 13.5. The normalized spacial score (nSPS) is 15.5. The Morgan fingerprint density at radius 3 is 2.66 bits per heavy atom. The van der Waals surface area contributed by atoms with Crippen molar-refractivity contribution in [2.75, 3.05) is 49.2 Å². The van der Waals surface area contributed by atoms with E-state index in [1.165, 1.54) is 0 Å². The molecule has 0 saturated carbocycles. The van der Waals surface area contributed by atoms with Crippen molar-refractivity contribution in [2.24, 2.45) is 4.99 Å². The highest BCUT2D eigenvalue weighted by molar-refractivity contribution is 6.04. The molecule has 2 atom stereocenters. The lowest BCUT2D eigenvalue weighted by molar-refractivity contribution is -0.126. The van der Waals surface area contributed by atoms with Gasteiger partial charge in [-0.2, -0.15) is 0 Å². The Hall–Kier alpha value is -5.46. The molecule has 3 N–H and O–H groups in total. The van der Waals surface area contributed by atoms with Crippen LogP contribution in [0.5, 0.6) is 17.2 Å². The predicted molar refractivity (Wildman–Crippen MR) is 207 cm³/mol. The van der Waals surface area contributed by atoms with Crippen LogP contribution < -0.4 is 29.9 Å². The summed E-state index contributed by atoms with van der Waals surface area (Å²) in [6, 6.07) is 16.5. The van der Waals surface area contributed by atoms with Crippen LogP contribution >= 0.6 is 0 Å². The van der Waals surface area contributed by atoms with E-state index in [1.807, 2.05) is 56.3 Å². The molecule has 0 saturated heterocycles. The summed E-state index contributed by atoms with van der Waals surface area (Å²) < 4.78 is 17.2. The molecule has 53 heavy (non-hydrogen) atoms. The van der Waals surface area contributed by atoms with Crippen LogP contribution in [0.3, 0.4) is 0 Å². The number of rotatable bonds is 15. The van der Waals surface area contributed by atoms with Gasteiger partial charge in [-0.05, 0) is 92.9 Å². The minimum Gasteiger partial charge on any atom is -0.507 e. The first-order valence-electron chi connectivity index (χ1n) is 18.0. The zero-order valence-corrected chi connectivity index (χ0v) is 30.9. The smallest absolute Gasteiger partial charge is 0.253 e. The molecule has 12 heteroatoms. The van der Waals surface area contributed by atoms with Gasteiger partial charge in [0.15, 0.2) is 11.5 Å². The second-order valence-electron chi connectivity index (χ2n) is 13.5. The average Bonchev–Trinajstić information content (AvgIpc) is 3.74. The number of nitrogens with zero attached hydrogens (tertiary/aromatic N) is 3. The molecule has 2 heterocycles. The van der Waals surface area contributed by atoms with E-state index in [4.69, 9.17) is 19.2 Å². The first kappa shape index (κ1) is 37.3. The molecule has 12 nitrogen and oxygen atoms in total. The fourth-order valence-corrected chi connectivity index (χ4v) is 7.07. The van der Waals surface area contributed by atoms with Crippen LogP contribution in [-0.4, -0.2) is 75.7 Å². The summed E-state index contributed by atoms with van der Waals surface area (Å²) >= 11 is 0. The fourth-order valence-electron chi connectivity index (χ4n) is 7.07. The number of benzene rings is 4. The summed E-state index contributed by atoms with van der Waals surface area (Å²) in [4.78, 5) is 46.3. The van der Waals surface area contributed by atoms with Gasteiger partial charge in [0, 0.05) is 54.5 Å². The summed E-state index contributed by atoms with van der Waals surface area (Å²) in [6.07, 6.45) is 4.89. The fraction of sp³-hybridized carbons (Fsp3) is 0.366. The number of aryl methyl sites for hydroxylation is 2. The molecule has 0 aliphatic carbocycles. The van der Waals surface area contributed by atoms with E-state index in [0.717, 1.165) is 51.5 Å². The number of hydrogen-bond donors (Lipinski definition) is 3. The largest absolute Gasteiger partial charge is 0.507 e. The Morgan fingerprint density at radius 1 is 1.06 bits per heavy atom. The molecule has 3 amide bonds. The average molecular weight is 722 g/mol. The first-order valence-corrected chi connectivity index (χ1v) is 18.0. The third kappa shape index (κ3) is 7.98. The molecule has 2 unspecified atom stereocenters. The Bertz CT molecular complexity index is 2050. The summed E-state index contributed by atoms with van der Waals surface area (Å²) in [7, 11) is 3.32. The van der Waals surface area contributed by atoms with Crippen LogP contribution in [0.15, 0.2) is 59.6 Å². The zero-order valence-electron chi connectivity index (χ0n) is 30.9. The maximum Gasteiger partial charge on any atom is 0.253 e. The van der Waals surface area contributed by atoms with E-state index in [2.05, 4.69) is 10.6 Å². The number of fused-ring (bicyclic) bond motifs is 4. The molecular formula is C41H47N5O7. The van der Waals surface area contributed by atoms with Gasteiger partial charge in [0.05, 0.1) is 37.9 Å². The van der Waals surface area contributed by atoms with E-state index in [9.17, 15) is 19.5 Å². The molecule has 0 aromatic heterocycles. The number of hydrogen-bond acceptors (Lipinski definition) is 9. The third-order valence-electron chi connectivity index (χ3n) is 9.90. The molecule has 4 aromatic rings. The van der Waals surface area contributed by atoms with Gasteiger partial charge < -0.3 is 34.4 Å². The summed E-state index contributed by atoms with van der Waals surface area (Å²) in [5, 5.41) is 18.3. The van der Waals surface area contributed by atoms with Gasteiger partial charge in [-0.1, -0.05) is 24.3 Å². The minimum absolute atomic E-state index is 0.0319. The Kier molecular flexibility index (Phi) is 11.6. The van der Waals surface area contributed by atoms with Crippen molar-refractivity contribution in [2.45, 2.75) is 65.0 Å². The maximum atomic E-state index is 13.3. The van der Waals surface area contributed by atoms with Crippen molar-refractivity contribution in [3.63, 3.8) is 0 Å². The molecule has 278 valence electrons. The molecule has 0 fully saturated rings. The first-order chi connectivity index (χ1) is 25.6. The molecule has 0 spiro atoms. The number of phenols is 1. The van der Waals surface area contributed by atoms with E-state index in [0.29, 0.717) is 67.4 Å². The predicted octanol–water partition coefficient (Wildman–Crippen LogP) is 6.12. The SMILES string of the molecule is CNCOC(C)C(=O)Nc1ccc2c(c1)N(C=O)C(C=Nc1cc(OCCCCC(=O)N3CCc4c3cc(O)c3cccc(C)c43)c(OC)cc1C)C2. The second kappa shape index (κ2) is 16.5. The van der Waals surface area contributed by atoms with Crippen molar-refractivity contribution in [3.05, 3.63) is 76.9 Å². The topological polar surface area (TPSA) is 142 Å². The number of carbonyl (C=O) groups is 3. The van der Waals surface area contributed by atoms with Crippen LogP contribution in [0, 0.1) is 13.8 Å². The number of aliphatic imine (C=N–C) groups is 1. The minimum atomic E-state index is -0.648. The van der Waals surface area contributed by atoms with Crippen LogP contribution in [0.2, 0.25) is 0 Å².